The molecule has 0 spiro atoms. The van der Waals surface area contributed by atoms with Crippen LogP contribution in [0, 0.1) is 0 Å². The minimum atomic E-state index is -0.934. The second-order valence-electron chi connectivity index (χ2n) is 6.45. The van der Waals surface area contributed by atoms with E-state index in [0.717, 1.165) is 12.8 Å². The summed E-state index contributed by atoms with van der Waals surface area (Å²) in [5, 5.41) is 9.32. The van der Waals surface area contributed by atoms with Gasteiger partial charge in [0.2, 0.25) is 0 Å². The molecule has 1 aliphatic rings. The van der Waals surface area contributed by atoms with Gasteiger partial charge in [0.25, 0.3) is 0 Å². The van der Waals surface area contributed by atoms with E-state index in [1.165, 1.54) is 24.8 Å². The number of hydrogen-bond acceptors (Lipinski definition) is 2. The Hall–Kier alpha value is -1.93. The number of hydrogen-bond donors (Lipinski definition) is 1. The molecule has 122 valence electrons. The predicted molar refractivity (Wildman–Crippen MR) is 98.0 cm³/mol. The lowest BCUT2D eigenvalue weighted by molar-refractivity contribution is 0.0913. The zero-order valence-corrected chi connectivity index (χ0v) is 14.2. The Labute approximate surface area is 139 Å². The minimum Gasteiger partial charge on any atom is -0.370 e. The Bertz CT molecular complexity index is 588. The highest BCUT2D eigenvalue weighted by atomic mass is 16.3. The van der Waals surface area contributed by atoms with Gasteiger partial charge in [0.05, 0.1) is 0 Å². The van der Waals surface area contributed by atoms with Crippen LogP contribution in [0.5, 0.6) is 0 Å². The molecule has 0 aromatic heterocycles. The van der Waals surface area contributed by atoms with Crippen LogP contribution in [0.4, 0.5) is 0 Å². The van der Waals surface area contributed by atoms with Crippen molar-refractivity contribution >= 4 is 6.21 Å². The molecule has 1 N–H and O–H groups in total. The first kappa shape index (κ1) is 17.4. The molecule has 3 rings (SSSR count). The Morgan fingerprint density at radius 2 is 1.52 bits per heavy atom. The first-order chi connectivity index (χ1) is 11.0. The molecule has 2 aromatic carbocycles. The van der Waals surface area contributed by atoms with Gasteiger partial charge in [-0.3, -0.25) is 4.99 Å². The average molecular weight is 309 g/mol. The molecule has 0 saturated heterocycles. The third kappa shape index (κ3) is 6.79. The van der Waals surface area contributed by atoms with Crippen LogP contribution in [0.2, 0.25) is 0 Å². The van der Waals surface area contributed by atoms with E-state index in [-0.39, 0.29) is 0 Å². The summed E-state index contributed by atoms with van der Waals surface area (Å²) in [6, 6.07) is 19.0. The molecule has 0 saturated carbocycles. The van der Waals surface area contributed by atoms with Gasteiger partial charge in [0.1, 0.15) is 5.72 Å². The third-order valence-corrected chi connectivity index (χ3v) is 3.82. The van der Waals surface area contributed by atoms with Crippen molar-refractivity contribution in [1.29, 1.82) is 0 Å². The van der Waals surface area contributed by atoms with Crippen LogP contribution in [0.3, 0.4) is 0 Å². The summed E-state index contributed by atoms with van der Waals surface area (Å²) in [5.74, 6) is 0. The van der Waals surface area contributed by atoms with Crippen molar-refractivity contribution in [1.82, 2.24) is 0 Å². The maximum absolute atomic E-state index is 9.32. The fraction of sp³-hybridized carbons (Fsp3) is 0.381. The second-order valence-corrected chi connectivity index (χ2v) is 6.45. The van der Waals surface area contributed by atoms with Gasteiger partial charge in [-0.25, -0.2) is 0 Å². The Morgan fingerprint density at radius 3 is 2.09 bits per heavy atom. The maximum atomic E-state index is 9.32. The van der Waals surface area contributed by atoms with Gasteiger partial charge in [-0.15, -0.1) is 0 Å². The summed E-state index contributed by atoms with van der Waals surface area (Å²) in [5.41, 5.74) is 3.50. The van der Waals surface area contributed by atoms with Crippen LogP contribution < -0.4 is 0 Å². The lowest BCUT2D eigenvalue weighted by Crippen LogP contribution is -2.14. The summed E-state index contributed by atoms with van der Waals surface area (Å²) >= 11 is 0. The lowest BCUT2D eigenvalue weighted by Gasteiger charge is -2.09. The fourth-order valence-corrected chi connectivity index (χ4v) is 2.68. The van der Waals surface area contributed by atoms with Gasteiger partial charge in [-0.05, 0) is 62.6 Å². The molecule has 2 aromatic rings. The molecule has 0 unspecified atom stereocenters. The normalized spacial score (nSPS) is 13.5. The summed E-state index contributed by atoms with van der Waals surface area (Å²) in [6.45, 7) is 3.35. The summed E-state index contributed by atoms with van der Waals surface area (Å²) in [6.07, 6.45) is 7.59. The van der Waals surface area contributed by atoms with E-state index in [2.05, 4.69) is 41.4 Å². The van der Waals surface area contributed by atoms with E-state index in [9.17, 15) is 5.11 Å². The Morgan fingerprint density at radius 1 is 0.957 bits per heavy atom. The molecule has 0 fully saturated rings. The van der Waals surface area contributed by atoms with E-state index in [4.69, 9.17) is 0 Å². The van der Waals surface area contributed by atoms with Crippen LogP contribution in [0.25, 0.3) is 0 Å². The van der Waals surface area contributed by atoms with Crippen molar-refractivity contribution in [3.63, 3.8) is 0 Å². The zero-order valence-electron chi connectivity index (χ0n) is 14.2. The van der Waals surface area contributed by atoms with Gasteiger partial charge in [0.15, 0.2) is 0 Å². The van der Waals surface area contributed by atoms with Gasteiger partial charge >= 0.3 is 0 Å². The molecule has 0 aliphatic heterocycles. The molecular weight excluding hydrogens is 282 g/mol. The standard InChI is InChI=1S/C12H17NO.C9H10/c1-12(2,14)13-10-6-9-11-7-4-3-5-8-11;1-2-5-9-7-3-6-8(9)4-1/h3-5,7-8,10,14H,6,9H2,1-2H3;1-2,4-5H,3,6-7H2/b13-10-;. The second kappa shape index (κ2) is 8.64. The first-order valence-electron chi connectivity index (χ1n) is 8.41. The van der Waals surface area contributed by atoms with Crippen molar-refractivity contribution in [2.45, 2.75) is 51.7 Å². The first-order valence-corrected chi connectivity index (χ1v) is 8.41. The molecule has 2 nitrogen and oxygen atoms in total. The molecule has 1 aliphatic carbocycles. The summed E-state index contributed by atoms with van der Waals surface area (Å²) < 4.78 is 0. The van der Waals surface area contributed by atoms with Gasteiger partial charge < -0.3 is 5.11 Å². The van der Waals surface area contributed by atoms with E-state index in [0.29, 0.717) is 0 Å². The van der Waals surface area contributed by atoms with Gasteiger partial charge in [0, 0.05) is 6.21 Å². The van der Waals surface area contributed by atoms with Crippen LogP contribution in [0.15, 0.2) is 59.6 Å². The molecule has 0 amide bonds. The number of rotatable bonds is 4. The highest BCUT2D eigenvalue weighted by molar-refractivity contribution is 5.58. The summed E-state index contributed by atoms with van der Waals surface area (Å²) in [4.78, 5) is 4.00. The van der Waals surface area contributed by atoms with Gasteiger partial charge in [-0.2, -0.15) is 0 Å². The average Bonchev–Trinajstić information content (AvgIpc) is 3.01. The van der Waals surface area contributed by atoms with Crippen LogP contribution in [-0.4, -0.2) is 17.0 Å². The number of nitrogens with zero attached hydrogens (tertiary/aromatic N) is 1. The lowest BCUT2D eigenvalue weighted by atomic mass is 10.1. The highest BCUT2D eigenvalue weighted by Gasteiger charge is 2.07. The molecule has 23 heavy (non-hydrogen) atoms. The Kier molecular flexibility index (Phi) is 6.54. The minimum absolute atomic E-state index is 0.869. The predicted octanol–water partition coefficient (Wildman–Crippen LogP) is 4.59. The number of aliphatic imine (C=N–C) groups is 1. The largest absolute Gasteiger partial charge is 0.370 e. The monoisotopic (exact) mass is 309 g/mol. The van der Waals surface area contributed by atoms with Crippen molar-refractivity contribution in [2.75, 3.05) is 0 Å². The number of aryl methyl sites for hydroxylation is 3. The summed E-state index contributed by atoms with van der Waals surface area (Å²) in [7, 11) is 0. The van der Waals surface area contributed by atoms with Crippen molar-refractivity contribution in [3.05, 3.63) is 71.3 Å². The van der Waals surface area contributed by atoms with E-state index in [1.54, 1.807) is 31.2 Å². The third-order valence-electron chi connectivity index (χ3n) is 3.82. The van der Waals surface area contributed by atoms with Crippen LogP contribution >= 0.6 is 0 Å². The van der Waals surface area contributed by atoms with E-state index >= 15 is 0 Å². The number of fused-ring (bicyclic) bond motifs is 1. The maximum Gasteiger partial charge on any atom is 0.149 e. The smallest absolute Gasteiger partial charge is 0.149 e. The molecule has 2 heteroatoms. The molecule has 0 bridgehead atoms. The number of aliphatic hydroxyl groups is 1. The SMILES string of the molecule is CC(C)(O)/N=C\CCc1ccccc1.c1ccc2c(c1)CCC2. The zero-order chi connectivity index (χ0) is 16.5. The van der Waals surface area contributed by atoms with Crippen LogP contribution in [-0.2, 0) is 19.3 Å². The van der Waals surface area contributed by atoms with Crippen LogP contribution in [0.1, 0.15) is 43.4 Å². The molecular formula is C21H27NO. The number of benzene rings is 2. The van der Waals surface area contributed by atoms with Crippen molar-refractivity contribution in [2.24, 2.45) is 4.99 Å². The topological polar surface area (TPSA) is 32.6 Å². The van der Waals surface area contributed by atoms with E-state index < -0.39 is 5.72 Å². The molecule has 0 radical (unpaired) electrons. The highest BCUT2D eigenvalue weighted by Crippen LogP contribution is 2.20. The van der Waals surface area contributed by atoms with Crippen molar-refractivity contribution in [3.8, 4) is 0 Å². The van der Waals surface area contributed by atoms with Crippen molar-refractivity contribution < 1.29 is 5.11 Å². The Balaban J connectivity index is 0.000000182. The fourth-order valence-electron chi connectivity index (χ4n) is 2.68. The quantitative estimate of drug-likeness (QED) is 0.823. The van der Waals surface area contributed by atoms with E-state index in [1.807, 2.05) is 18.2 Å². The molecule has 0 heterocycles. The molecule has 0 atom stereocenters. The van der Waals surface area contributed by atoms with Gasteiger partial charge in [-0.1, -0.05) is 54.6 Å².